The number of phenols is 1. The third kappa shape index (κ3) is 8.47. The Morgan fingerprint density at radius 2 is 1.66 bits per heavy atom. The number of ether oxygens (including phenoxy) is 1. The van der Waals surface area contributed by atoms with Crippen LogP contribution in [-0.4, -0.2) is 55.7 Å². The summed E-state index contributed by atoms with van der Waals surface area (Å²) in [7, 11) is -3.57. The standard InChI is InChI=1S/C28H34N2O7S/c1-18-14-23(21-7-4-20(5-8-21)6-11-27(33)34)15-19(2)28(18)37-13-12-29-17-26(32)22-9-10-25(31)24(16-22)30-38(3,35)36/h4-5,7-10,14-16,26,29-32H,6,11-13,17H2,1-3H3,(H,33,34)/t26-/m1/s1. The molecule has 0 saturated heterocycles. The molecule has 204 valence electrons. The van der Waals surface area contributed by atoms with Gasteiger partial charge >= 0.3 is 5.97 Å². The summed E-state index contributed by atoms with van der Waals surface area (Å²) in [4.78, 5) is 10.8. The number of rotatable bonds is 13. The molecule has 0 bridgehead atoms. The fraction of sp³-hybridized carbons (Fsp3) is 0.321. The number of nitrogens with one attached hydrogen (secondary N) is 2. The largest absolute Gasteiger partial charge is 0.506 e. The molecule has 0 radical (unpaired) electrons. The van der Waals surface area contributed by atoms with Crippen LogP contribution in [0.3, 0.4) is 0 Å². The molecule has 0 fully saturated rings. The maximum Gasteiger partial charge on any atom is 0.303 e. The van der Waals surface area contributed by atoms with Crippen LogP contribution in [0.2, 0.25) is 0 Å². The SMILES string of the molecule is Cc1cc(-c2ccc(CCC(=O)O)cc2)cc(C)c1OCCNC[C@@H](O)c1ccc(O)c(NS(C)(=O)=O)c1. The highest BCUT2D eigenvalue weighted by atomic mass is 32.2. The molecule has 0 aromatic heterocycles. The van der Waals surface area contributed by atoms with Crippen LogP contribution in [0, 0.1) is 13.8 Å². The predicted octanol–water partition coefficient (Wildman–Crippen LogP) is 3.77. The van der Waals surface area contributed by atoms with E-state index in [4.69, 9.17) is 9.84 Å². The molecule has 0 amide bonds. The van der Waals surface area contributed by atoms with Gasteiger partial charge in [-0.2, -0.15) is 0 Å². The Morgan fingerprint density at radius 3 is 2.26 bits per heavy atom. The molecule has 5 N–H and O–H groups in total. The molecule has 3 rings (SSSR count). The van der Waals surface area contributed by atoms with Crippen LogP contribution in [0.1, 0.15) is 34.8 Å². The molecule has 3 aromatic rings. The van der Waals surface area contributed by atoms with Crippen molar-refractivity contribution in [3.63, 3.8) is 0 Å². The van der Waals surface area contributed by atoms with Crippen molar-refractivity contribution in [1.29, 1.82) is 0 Å². The van der Waals surface area contributed by atoms with E-state index in [2.05, 4.69) is 22.2 Å². The second kappa shape index (κ2) is 12.8. The average Bonchev–Trinajstić information content (AvgIpc) is 2.84. The number of aliphatic hydroxyl groups is 1. The number of carboxylic acids is 1. The maximum atomic E-state index is 11.5. The molecule has 0 aliphatic carbocycles. The molecule has 0 heterocycles. The van der Waals surface area contributed by atoms with E-state index < -0.39 is 22.1 Å². The van der Waals surface area contributed by atoms with Crippen LogP contribution >= 0.6 is 0 Å². The first kappa shape index (κ1) is 29.0. The van der Waals surface area contributed by atoms with Gasteiger partial charge in [0.2, 0.25) is 10.0 Å². The van der Waals surface area contributed by atoms with Crippen molar-refractivity contribution in [3.05, 3.63) is 76.9 Å². The predicted molar refractivity (Wildman–Crippen MR) is 147 cm³/mol. The molecule has 0 saturated carbocycles. The minimum absolute atomic E-state index is 0.0101. The lowest BCUT2D eigenvalue weighted by molar-refractivity contribution is -0.136. The molecule has 10 heteroatoms. The van der Waals surface area contributed by atoms with Crippen molar-refractivity contribution in [1.82, 2.24) is 5.32 Å². The first-order chi connectivity index (χ1) is 17.9. The van der Waals surface area contributed by atoms with E-state index in [1.807, 2.05) is 38.1 Å². The molecule has 3 aromatic carbocycles. The van der Waals surface area contributed by atoms with Gasteiger partial charge in [-0.15, -0.1) is 0 Å². The van der Waals surface area contributed by atoms with Crippen LogP contribution in [0.5, 0.6) is 11.5 Å². The molecule has 38 heavy (non-hydrogen) atoms. The van der Waals surface area contributed by atoms with Gasteiger partial charge in [-0.1, -0.05) is 30.3 Å². The molecule has 1 atom stereocenters. The zero-order valence-corrected chi connectivity index (χ0v) is 22.5. The number of phenolic OH excluding ortho intramolecular Hbond substituents is 1. The summed E-state index contributed by atoms with van der Waals surface area (Å²) in [5, 5.41) is 32.3. The third-order valence-corrected chi connectivity index (χ3v) is 6.53. The van der Waals surface area contributed by atoms with Gasteiger partial charge < -0.3 is 25.4 Å². The number of hydrogen-bond donors (Lipinski definition) is 5. The second-order valence-electron chi connectivity index (χ2n) is 9.25. The minimum Gasteiger partial charge on any atom is -0.506 e. The second-order valence-corrected chi connectivity index (χ2v) is 11.0. The fourth-order valence-electron chi connectivity index (χ4n) is 4.08. The lowest BCUT2D eigenvalue weighted by atomic mass is 9.98. The van der Waals surface area contributed by atoms with Gasteiger partial charge in [0.25, 0.3) is 0 Å². The van der Waals surface area contributed by atoms with Gasteiger partial charge in [-0.25, -0.2) is 8.42 Å². The molecule has 0 aliphatic rings. The highest BCUT2D eigenvalue weighted by Gasteiger charge is 2.13. The summed E-state index contributed by atoms with van der Waals surface area (Å²) in [5.74, 6) is -0.237. The van der Waals surface area contributed by atoms with E-state index in [1.54, 1.807) is 0 Å². The Morgan fingerprint density at radius 1 is 1.00 bits per heavy atom. The van der Waals surface area contributed by atoms with E-state index in [0.717, 1.165) is 39.8 Å². The van der Waals surface area contributed by atoms with Crippen LogP contribution in [0.15, 0.2) is 54.6 Å². The lowest BCUT2D eigenvalue weighted by Gasteiger charge is -2.16. The van der Waals surface area contributed by atoms with E-state index in [0.29, 0.717) is 25.1 Å². The van der Waals surface area contributed by atoms with Crippen LogP contribution in [0.4, 0.5) is 5.69 Å². The van der Waals surface area contributed by atoms with Crippen LogP contribution < -0.4 is 14.8 Å². The summed E-state index contributed by atoms with van der Waals surface area (Å²) >= 11 is 0. The number of aliphatic carboxylic acids is 1. The number of hydrogen-bond acceptors (Lipinski definition) is 7. The van der Waals surface area contributed by atoms with Gasteiger partial charge in [-0.3, -0.25) is 9.52 Å². The first-order valence-corrected chi connectivity index (χ1v) is 14.1. The summed E-state index contributed by atoms with van der Waals surface area (Å²) < 4.78 is 31.1. The van der Waals surface area contributed by atoms with Gasteiger partial charge in [-0.05, 0) is 77.9 Å². The number of anilines is 1. The van der Waals surface area contributed by atoms with Gasteiger partial charge in [0.05, 0.1) is 18.0 Å². The van der Waals surface area contributed by atoms with E-state index in [1.165, 1.54) is 18.2 Å². The molecule has 0 unspecified atom stereocenters. The third-order valence-electron chi connectivity index (χ3n) is 5.94. The number of sulfonamides is 1. The van der Waals surface area contributed by atoms with E-state index in [-0.39, 0.29) is 24.4 Å². The molecule has 9 nitrogen and oxygen atoms in total. The summed E-state index contributed by atoms with van der Waals surface area (Å²) in [6, 6.07) is 16.3. The number of aliphatic hydroxyl groups excluding tert-OH is 1. The summed E-state index contributed by atoms with van der Waals surface area (Å²) in [6.07, 6.45) is 0.686. The normalized spacial score (nSPS) is 12.2. The number of carboxylic acid groups (broad SMARTS) is 1. The Hall–Kier alpha value is -3.60. The Labute approximate surface area is 223 Å². The number of aromatic hydroxyl groups is 1. The van der Waals surface area contributed by atoms with Crippen LogP contribution in [0.25, 0.3) is 11.1 Å². The highest BCUT2D eigenvalue weighted by molar-refractivity contribution is 7.92. The van der Waals surface area contributed by atoms with Gasteiger partial charge in [0.15, 0.2) is 0 Å². The van der Waals surface area contributed by atoms with Crippen molar-refractivity contribution in [2.24, 2.45) is 0 Å². The fourth-order valence-corrected chi connectivity index (χ4v) is 4.65. The Bertz CT molecular complexity index is 1350. The van der Waals surface area contributed by atoms with Gasteiger partial charge in [0, 0.05) is 19.5 Å². The zero-order chi connectivity index (χ0) is 27.9. The van der Waals surface area contributed by atoms with Gasteiger partial charge in [0.1, 0.15) is 18.1 Å². The van der Waals surface area contributed by atoms with E-state index in [9.17, 15) is 23.4 Å². The number of benzene rings is 3. The van der Waals surface area contributed by atoms with Crippen molar-refractivity contribution >= 4 is 21.7 Å². The molecular weight excluding hydrogens is 508 g/mol. The van der Waals surface area contributed by atoms with Crippen molar-refractivity contribution in [2.75, 3.05) is 30.7 Å². The minimum atomic E-state index is -3.57. The molecular formula is C28H34N2O7S. The quantitative estimate of drug-likeness (QED) is 0.162. The van der Waals surface area contributed by atoms with Crippen molar-refractivity contribution in [3.8, 4) is 22.6 Å². The Kier molecular flexibility index (Phi) is 9.73. The zero-order valence-electron chi connectivity index (χ0n) is 21.7. The average molecular weight is 543 g/mol. The Balaban J connectivity index is 1.52. The monoisotopic (exact) mass is 542 g/mol. The summed E-state index contributed by atoms with van der Waals surface area (Å²) in [6.45, 7) is 5.03. The smallest absolute Gasteiger partial charge is 0.303 e. The first-order valence-electron chi connectivity index (χ1n) is 12.2. The van der Waals surface area contributed by atoms with Crippen LogP contribution in [-0.2, 0) is 21.2 Å². The highest BCUT2D eigenvalue weighted by Crippen LogP contribution is 2.31. The number of carbonyl (C=O) groups is 1. The van der Waals surface area contributed by atoms with Crippen molar-refractivity contribution in [2.45, 2.75) is 32.8 Å². The summed E-state index contributed by atoms with van der Waals surface area (Å²) in [5.41, 5.74) is 5.53. The topological polar surface area (TPSA) is 145 Å². The van der Waals surface area contributed by atoms with E-state index >= 15 is 0 Å². The lowest BCUT2D eigenvalue weighted by Crippen LogP contribution is -2.26. The van der Waals surface area contributed by atoms with Crippen molar-refractivity contribution < 1.29 is 33.3 Å². The maximum absolute atomic E-state index is 11.5. The molecule has 0 spiro atoms. The molecule has 0 aliphatic heterocycles. The number of aryl methyl sites for hydroxylation is 3.